The molecule has 0 bridgehead atoms. The number of nitrogens with zero attached hydrogens (tertiary/aromatic N) is 4. The van der Waals surface area contributed by atoms with Gasteiger partial charge in [-0.2, -0.15) is 0 Å². The third-order valence-electron chi connectivity index (χ3n) is 5.08. The number of benzene rings is 1. The van der Waals surface area contributed by atoms with Crippen molar-refractivity contribution in [2.24, 2.45) is 0 Å². The highest BCUT2D eigenvalue weighted by atomic mass is 32.2. The quantitative estimate of drug-likeness (QED) is 0.450. The Kier molecular flexibility index (Phi) is 7.06. The molecule has 0 aliphatic carbocycles. The Bertz CT molecular complexity index is 969. The summed E-state index contributed by atoms with van der Waals surface area (Å²) in [6.07, 6.45) is 0.754. The maximum atomic E-state index is 12.5. The maximum absolute atomic E-state index is 12.5. The number of carbonyl (C=O) groups is 1. The van der Waals surface area contributed by atoms with E-state index in [-0.39, 0.29) is 18.1 Å². The number of amides is 1. The van der Waals surface area contributed by atoms with Crippen LogP contribution in [0.5, 0.6) is 0 Å². The topological polar surface area (TPSA) is 104 Å². The van der Waals surface area contributed by atoms with Gasteiger partial charge < -0.3 is 9.80 Å². The summed E-state index contributed by atoms with van der Waals surface area (Å²) >= 11 is 1.18. The summed E-state index contributed by atoms with van der Waals surface area (Å²) in [5.41, 5.74) is 0.951. The van der Waals surface area contributed by atoms with Gasteiger partial charge in [-0.25, -0.2) is 12.7 Å². The van der Waals surface area contributed by atoms with Crippen LogP contribution >= 0.6 is 11.3 Å². The fourth-order valence-corrected chi connectivity index (χ4v) is 5.70. The molecule has 0 saturated carbocycles. The largest absolute Gasteiger partial charge is 0.368 e. The van der Waals surface area contributed by atoms with Gasteiger partial charge in [-0.1, -0.05) is 6.07 Å². The Labute approximate surface area is 179 Å². The first-order valence-corrected chi connectivity index (χ1v) is 11.9. The average Bonchev–Trinajstić information content (AvgIpc) is 3.29. The molecule has 1 amide bonds. The molecule has 9 nitrogen and oxygen atoms in total. The molecule has 11 heteroatoms. The molecule has 1 aliphatic heterocycles. The van der Waals surface area contributed by atoms with Gasteiger partial charge in [-0.3, -0.25) is 14.9 Å². The fourth-order valence-electron chi connectivity index (χ4n) is 3.29. The SMILES string of the molecule is CN(CCCC(=O)N1CCN(c2ccc([N+](=O)[O-])cc2)CC1)S(=O)(=O)c1cccs1. The van der Waals surface area contributed by atoms with Crippen molar-refractivity contribution in [1.82, 2.24) is 9.21 Å². The van der Waals surface area contributed by atoms with E-state index in [1.54, 1.807) is 34.5 Å². The Morgan fingerprint density at radius 3 is 2.40 bits per heavy atom. The lowest BCUT2D eigenvalue weighted by Crippen LogP contribution is -2.48. The summed E-state index contributed by atoms with van der Waals surface area (Å²) in [6.45, 7) is 2.72. The van der Waals surface area contributed by atoms with E-state index in [9.17, 15) is 23.3 Å². The normalized spacial score (nSPS) is 14.9. The number of thiophene rings is 1. The van der Waals surface area contributed by atoms with Crippen molar-refractivity contribution in [2.75, 3.05) is 44.7 Å². The molecule has 1 aromatic heterocycles. The van der Waals surface area contributed by atoms with E-state index < -0.39 is 14.9 Å². The lowest BCUT2D eigenvalue weighted by Gasteiger charge is -2.36. The van der Waals surface area contributed by atoms with Crippen LogP contribution in [0.25, 0.3) is 0 Å². The number of hydrogen-bond donors (Lipinski definition) is 0. The Hall–Kier alpha value is -2.50. The number of hydrogen-bond acceptors (Lipinski definition) is 7. The minimum absolute atomic E-state index is 0.0141. The van der Waals surface area contributed by atoms with Crippen molar-refractivity contribution in [3.8, 4) is 0 Å². The molecule has 30 heavy (non-hydrogen) atoms. The molecule has 3 rings (SSSR count). The number of anilines is 1. The van der Waals surface area contributed by atoms with Crippen LogP contribution in [0.4, 0.5) is 11.4 Å². The van der Waals surface area contributed by atoms with E-state index in [0.29, 0.717) is 43.2 Å². The first kappa shape index (κ1) is 22.2. The van der Waals surface area contributed by atoms with Crippen LogP contribution < -0.4 is 4.90 Å². The lowest BCUT2D eigenvalue weighted by molar-refractivity contribution is -0.384. The van der Waals surface area contributed by atoms with Gasteiger partial charge in [0, 0.05) is 64.0 Å². The Morgan fingerprint density at radius 2 is 1.83 bits per heavy atom. The predicted molar refractivity (Wildman–Crippen MR) is 115 cm³/mol. The fraction of sp³-hybridized carbons (Fsp3) is 0.421. The molecule has 1 saturated heterocycles. The van der Waals surface area contributed by atoms with E-state index in [0.717, 1.165) is 5.69 Å². The van der Waals surface area contributed by atoms with Crippen molar-refractivity contribution in [3.63, 3.8) is 0 Å². The first-order chi connectivity index (χ1) is 14.3. The minimum Gasteiger partial charge on any atom is -0.368 e. The number of nitro benzene ring substituents is 1. The number of non-ortho nitro benzene ring substituents is 1. The smallest absolute Gasteiger partial charge is 0.269 e. The van der Waals surface area contributed by atoms with Crippen LogP contribution in [0.1, 0.15) is 12.8 Å². The standard InChI is InChI=1S/C19H24N4O5S2/c1-20(30(27,28)19-5-3-15-29-19)10-2-4-18(24)22-13-11-21(12-14-22)16-6-8-17(9-7-16)23(25)26/h3,5-9,15H,2,4,10-14H2,1H3. The average molecular weight is 453 g/mol. The Balaban J connectivity index is 1.43. The number of sulfonamides is 1. The van der Waals surface area contributed by atoms with Gasteiger partial charge in [-0.15, -0.1) is 11.3 Å². The minimum atomic E-state index is -3.49. The predicted octanol–water partition coefficient (Wildman–Crippen LogP) is 2.41. The van der Waals surface area contributed by atoms with Crippen molar-refractivity contribution in [2.45, 2.75) is 17.1 Å². The van der Waals surface area contributed by atoms with Crippen molar-refractivity contribution >= 4 is 38.6 Å². The summed E-state index contributed by atoms with van der Waals surface area (Å²) in [4.78, 5) is 26.7. The second-order valence-electron chi connectivity index (χ2n) is 7.00. The summed E-state index contributed by atoms with van der Waals surface area (Å²) in [7, 11) is -1.96. The van der Waals surface area contributed by atoms with Crippen LogP contribution in [0, 0.1) is 10.1 Å². The van der Waals surface area contributed by atoms with Gasteiger partial charge in [0.2, 0.25) is 5.91 Å². The zero-order valence-electron chi connectivity index (χ0n) is 16.6. The summed E-state index contributed by atoms with van der Waals surface area (Å²) < 4.78 is 26.4. The van der Waals surface area contributed by atoms with E-state index in [2.05, 4.69) is 4.90 Å². The number of nitro groups is 1. The molecule has 0 radical (unpaired) electrons. The third kappa shape index (κ3) is 5.15. The Morgan fingerprint density at radius 1 is 1.17 bits per heavy atom. The van der Waals surface area contributed by atoms with Gasteiger partial charge in [0.05, 0.1) is 4.92 Å². The first-order valence-electron chi connectivity index (χ1n) is 9.56. The molecular weight excluding hydrogens is 428 g/mol. The van der Waals surface area contributed by atoms with Gasteiger partial charge in [0.25, 0.3) is 15.7 Å². The monoisotopic (exact) mass is 452 g/mol. The molecule has 0 N–H and O–H groups in total. The number of rotatable bonds is 8. The van der Waals surface area contributed by atoms with Crippen LogP contribution in [-0.2, 0) is 14.8 Å². The van der Waals surface area contributed by atoms with Gasteiger partial charge in [0.1, 0.15) is 4.21 Å². The number of carbonyl (C=O) groups excluding carboxylic acids is 1. The molecule has 1 aromatic carbocycles. The van der Waals surface area contributed by atoms with Crippen molar-refractivity contribution in [3.05, 3.63) is 51.9 Å². The zero-order chi connectivity index (χ0) is 21.7. The molecule has 2 aromatic rings. The molecule has 0 spiro atoms. The number of piperazine rings is 1. The second kappa shape index (κ2) is 9.54. The summed E-state index contributed by atoms with van der Waals surface area (Å²) in [5.74, 6) is 0.0141. The maximum Gasteiger partial charge on any atom is 0.269 e. The summed E-state index contributed by atoms with van der Waals surface area (Å²) in [5, 5.41) is 12.5. The summed E-state index contributed by atoms with van der Waals surface area (Å²) in [6, 6.07) is 9.68. The lowest BCUT2D eigenvalue weighted by atomic mass is 10.2. The van der Waals surface area contributed by atoms with Gasteiger partial charge >= 0.3 is 0 Å². The van der Waals surface area contributed by atoms with Gasteiger partial charge in [0.15, 0.2) is 0 Å². The highest BCUT2D eigenvalue weighted by Gasteiger charge is 2.24. The third-order valence-corrected chi connectivity index (χ3v) is 8.31. The molecular formula is C19H24N4O5S2. The van der Waals surface area contributed by atoms with Crippen LogP contribution in [-0.4, -0.2) is 68.2 Å². The molecule has 0 unspecified atom stereocenters. The van der Waals surface area contributed by atoms with E-state index in [1.165, 1.54) is 34.8 Å². The van der Waals surface area contributed by atoms with Crippen molar-refractivity contribution < 1.29 is 18.1 Å². The van der Waals surface area contributed by atoms with E-state index in [4.69, 9.17) is 0 Å². The zero-order valence-corrected chi connectivity index (χ0v) is 18.3. The van der Waals surface area contributed by atoms with E-state index in [1.807, 2.05) is 0 Å². The molecule has 1 fully saturated rings. The van der Waals surface area contributed by atoms with Crippen LogP contribution in [0.3, 0.4) is 0 Å². The molecule has 162 valence electrons. The highest BCUT2D eigenvalue weighted by molar-refractivity contribution is 7.91. The van der Waals surface area contributed by atoms with Crippen LogP contribution in [0.15, 0.2) is 46.0 Å². The van der Waals surface area contributed by atoms with Crippen LogP contribution in [0.2, 0.25) is 0 Å². The van der Waals surface area contributed by atoms with E-state index >= 15 is 0 Å². The molecule has 1 aliphatic rings. The molecule has 2 heterocycles. The van der Waals surface area contributed by atoms with Crippen molar-refractivity contribution in [1.29, 1.82) is 0 Å². The van der Waals surface area contributed by atoms with Gasteiger partial charge in [-0.05, 0) is 30.0 Å². The second-order valence-corrected chi connectivity index (χ2v) is 10.2. The molecule has 0 atom stereocenters. The highest BCUT2D eigenvalue weighted by Crippen LogP contribution is 2.22.